The largest absolute Gasteiger partial charge is 0.487 e. The van der Waals surface area contributed by atoms with Gasteiger partial charge in [0, 0.05) is 26.3 Å². The van der Waals surface area contributed by atoms with Gasteiger partial charge in [-0.2, -0.15) is 0 Å². The molecule has 2 N–H and O–H groups in total. The van der Waals surface area contributed by atoms with Gasteiger partial charge in [-0.1, -0.05) is 24.6 Å². The molecule has 2 aromatic heterocycles. The van der Waals surface area contributed by atoms with Crippen LogP contribution >= 0.6 is 0 Å². The first kappa shape index (κ1) is 22.9. The molecule has 33 heavy (non-hydrogen) atoms. The summed E-state index contributed by atoms with van der Waals surface area (Å²) in [4.78, 5) is 11.2. The van der Waals surface area contributed by atoms with Crippen LogP contribution in [0.5, 0.6) is 5.75 Å². The van der Waals surface area contributed by atoms with Crippen molar-refractivity contribution in [2.24, 2.45) is 4.99 Å². The lowest BCUT2D eigenvalue weighted by Crippen LogP contribution is -2.44. The summed E-state index contributed by atoms with van der Waals surface area (Å²) >= 11 is 0. The Labute approximate surface area is 195 Å². The molecule has 1 aromatic carbocycles. The van der Waals surface area contributed by atoms with Gasteiger partial charge in [0.1, 0.15) is 18.1 Å². The van der Waals surface area contributed by atoms with Crippen molar-refractivity contribution in [3.05, 3.63) is 84.1 Å². The Balaban J connectivity index is 1.26. The lowest BCUT2D eigenvalue weighted by molar-refractivity contribution is 0.146. The number of furan rings is 1. The summed E-state index contributed by atoms with van der Waals surface area (Å²) in [5.74, 6) is 2.61. The van der Waals surface area contributed by atoms with E-state index in [0.717, 1.165) is 48.4 Å². The molecular formula is C26H33N5O2. The van der Waals surface area contributed by atoms with Crippen LogP contribution in [0.25, 0.3) is 0 Å². The van der Waals surface area contributed by atoms with Crippen molar-refractivity contribution in [2.45, 2.75) is 38.5 Å². The zero-order valence-electron chi connectivity index (χ0n) is 19.2. The highest BCUT2D eigenvalue weighted by molar-refractivity contribution is 5.79. The first-order valence-electron chi connectivity index (χ1n) is 11.7. The molecule has 1 atom stereocenters. The summed E-state index contributed by atoms with van der Waals surface area (Å²) in [6.07, 6.45) is 7.32. The molecule has 4 rings (SSSR count). The van der Waals surface area contributed by atoms with Crippen molar-refractivity contribution in [3.8, 4) is 5.75 Å². The second-order valence-corrected chi connectivity index (χ2v) is 8.19. The van der Waals surface area contributed by atoms with Gasteiger partial charge >= 0.3 is 0 Å². The summed E-state index contributed by atoms with van der Waals surface area (Å²) in [6, 6.07) is 18.1. The lowest BCUT2D eigenvalue weighted by atomic mass is 10.1. The zero-order chi connectivity index (χ0) is 22.7. The third-order valence-electron chi connectivity index (χ3n) is 5.89. The van der Waals surface area contributed by atoms with E-state index in [-0.39, 0.29) is 6.04 Å². The SMILES string of the molecule is CN=C(NCc1ccc(OCc2ccccn2)cc1)NCC(c1ccco1)N1CCCCC1. The number of nitrogens with zero attached hydrogens (tertiary/aromatic N) is 3. The van der Waals surface area contributed by atoms with Crippen LogP contribution in [-0.4, -0.2) is 42.5 Å². The van der Waals surface area contributed by atoms with Crippen LogP contribution in [0.2, 0.25) is 0 Å². The highest BCUT2D eigenvalue weighted by Crippen LogP contribution is 2.24. The number of aromatic nitrogens is 1. The number of nitrogens with one attached hydrogen (secondary N) is 2. The van der Waals surface area contributed by atoms with E-state index in [1.807, 2.05) is 36.4 Å². The molecule has 3 aromatic rings. The van der Waals surface area contributed by atoms with E-state index in [1.54, 1.807) is 19.5 Å². The minimum atomic E-state index is 0.203. The van der Waals surface area contributed by atoms with E-state index in [4.69, 9.17) is 9.15 Å². The number of likely N-dealkylation sites (tertiary alicyclic amines) is 1. The summed E-state index contributed by atoms with van der Waals surface area (Å²) in [6.45, 7) is 4.09. The topological polar surface area (TPSA) is 74.9 Å². The Kier molecular flexibility index (Phi) is 8.36. The van der Waals surface area contributed by atoms with Gasteiger partial charge in [0.25, 0.3) is 0 Å². The van der Waals surface area contributed by atoms with Crippen molar-refractivity contribution in [3.63, 3.8) is 0 Å². The first-order chi connectivity index (χ1) is 16.3. The second kappa shape index (κ2) is 12.1. The monoisotopic (exact) mass is 447 g/mol. The number of pyridine rings is 1. The Morgan fingerprint density at radius 2 is 1.91 bits per heavy atom. The molecule has 0 spiro atoms. The standard InChI is InChI=1S/C26H33N5O2/c1-27-26(30-19-24(25-9-7-17-32-25)31-15-5-2-6-16-31)29-18-21-10-12-23(13-11-21)33-20-22-8-3-4-14-28-22/h3-4,7-14,17,24H,2,5-6,15-16,18-20H2,1H3,(H2,27,29,30). The molecule has 0 radical (unpaired) electrons. The molecule has 1 saturated heterocycles. The molecular weight excluding hydrogens is 414 g/mol. The maximum Gasteiger partial charge on any atom is 0.191 e. The van der Waals surface area contributed by atoms with E-state index >= 15 is 0 Å². The maximum atomic E-state index is 5.82. The molecule has 1 fully saturated rings. The van der Waals surface area contributed by atoms with E-state index in [2.05, 4.69) is 43.7 Å². The predicted molar refractivity (Wildman–Crippen MR) is 130 cm³/mol. The summed E-state index contributed by atoms with van der Waals surface area (Å²) in [5, 5.41) is 6.89. The minimum Gasteiger partial charge on any atom is -0.487 e. The average Bonchev–Trinajstić information content (AvgIpc) is 3.41. The number of hydrogen-bond donors (Lipinski definition) is 2. The molecule has 1 unspecified atom stereocenters. The molecule has 174 valence electrons. The van der Waals surface area contributed by atoms with E-state index < -0.39 is 0 Å². The number of ether oxygens (including phenoxy) is 1. The molecule has 0 amide bonds. The average molecular weight is 448 g/mol. The van der Waals surface area contributed by atoms with Crippen LogP contribution in [-0.2, 0) is 13.2 Å². The number of aliphatic imine (C=N–C) groups is 1. The number of guanidine groups is 1. The third-order valence-corrected chi connectivity index (χ3v) is 5.89. The fourth-order valence-electron chi connectivity index (χ4n) is 4.06. The molecule has 1 aliphatic heterocycles. The van der Waals surface area contributed by atoms with Crippen LogP contribution in [0.1, 0.15) is 42.3 Å². The predicted octanol–water partition coefficient (Wildman–Crippen LogP) is 4.15. The number of piperidine rings is 1. The summed E-state index contributed by atoms with van der Waals surface area (Å²) in [7, 11) is 1.80. The van der Waals surface area contributed by atoms with Crippen LogP contribution in [0.3, 0.4) is 0 Å². The number of hydrogen-bond acceptors (Lipinski definition) is 5. The van der Waals surface area contributed by atoms with Gasteiger partial charge in [-0.05, 0) is 67.9 Å². The van der Waals surface area contributed by atoms with E-state index in [9.17, 15) is 0 Å². The van der Waals surface area contributed by atoms with Gasteiger partial charge < -0.3 is 19.8 Å². The fraction of sp³-hybridized carbons (Fsp3) is 0.385. The van der Waals surface area contributed by atoms with E-state index in [1.165, 1.54) is 19.3 Å². The van der Waals surface area contributed by atoms with Crippen molar-refractivity contribution < 1.29 is 9.15 Å². The number of rotatable bonds is 9. The lowest BCUT2D eigenvalue weighted by Gasteiger charge is -2.33. The van der Waals surface area contributed by atoms with Gasteiger partial charge in [-0.15, -0.1) is 0 Å². The summed E-state index contributed by atoms with van der Waals surface area (Å²) < 4.78 is 11.6. The van der Waals surface area contributed by atoms with Crippen molar-refractivity contribution in [2.75, 3.05) is 26.7 Å². The molecule has 7 heteroatoms. The van der Waals surface area contributed by atoms with Gasteiger partial charge in [0.2, 0.25) is 0 Å². The third kappa shape index (κ3) is 6.83. The molecule has 0 saturated carbocycles. The molecule has 0 aliphatic carbocycles. The Morgan fingerprint density at radius 1 is 1.06 bits per heavy atom. The Hall–Kier alpha value is -3.32. The van der Waals surface area contributed by atoms with Crippen molar-refractivity contribution in [1.29, 1.82) is 0 Å². The maximum absolute atomic E-state index is 5.82. The molecule has 7 nitrogen and oxygen atoms in total. The van der Waals surface area contributed by atoms with Gasteiger partial charge in [0.05, 0.1) is 18.0 Å². The minimum absolute atomic E-state index is 0.203. The quantitative estimate of drug-likeness (QED) is 0.379. The van der Waals surface area contributed by atoms with Crippen LogP contribution < -0.4 is 15.4 Å². The van der Waals surface area contributed by atoms with Crippen molar-refractivity contribution >= 4 is 5.96 Å². The smallest absolute Gasteiger partial charge is 0.191 e. The van der Waals surface area contributed by atoms with Crippen LogP contribution in [0.4, 0.5) is 0 Å². The van der Waals surface area contributed by atoms with Gasteiger partial charge in [-0.25, -0.2) is 0 Å². The van der Waals surface area contributed by atoms with Gasteiger partial charge in [0.15, 0.2) is 5.96 Å². The van der Waals surface area contributed by atoms with Crippen molar-refractivity contribution in [1.82, 2.24) is 20.5 Å². The molecule has 3 heterocycles. The van der Waals surface area contributed by atoms with Crippen LogP contribution in [0.15, 0.2) is 76.5 Å². The van der Waals surface area contributed by atoms with E-state index in [0.29, 0.717) is 13.2 Å². The highest BCUT2D eigenvalue weighted by Gasteiger charge is 2.24. The second-order valence-electron chi connectivity index (χ2n) is 8.19. The van der Waals surface area contributed by atoms with Crippen LogP contribution in [0, 0.1) is 0 Å². The highest BCUT2D eigenvalue weighted by atomic mass is 16.5. The Morgan fingerprint density at radius 3 is 2.61 bits per heavy atom. The Bertz CT molecular complexity index is 968. The fourth-order valence-corrected chi connectivity index (χ4v) is 4.06. The number of benzene rings is 1. The molecule has 0 bridgehead atoms. The first-order valence-corrected chi connectivity index (χ1v) is 11.7. The molecule has 1 aliphatic rings. The normalized spacial score (nSPS) is 15.7. The van der Waals surface area contributed by atoms with Gasteiger partial charge in [-0.3, -0.25) is 14.9 Å². The summed E-state index contributed by atoms with van der Waals surface area (Å²) in [5.41, 5.74) is 2.07. The zero-order valence-corrected chi connectivity index (χ0v) is 19.2.